The Bertz CT molecular complexity index is 452. The van der Waals surface area contributed by atoms with Gasteiger partial charge in [0.15, 0.2) is 6.61 Å². The molecule has 1 heterocycles. The molecule has 0 saturated carbocycles. The molecule has 0 radical (unpaired) electrons. The summed E-state index contributed by atoms with van der Waals surface area (Å²) in [6.07, 6.45) is 0. The van der Waals surface area contributed by atoms with Gasteiger partial charge in [0.05, 0.1) is 5.69 Å². The highest BCUT2D eigenvalue weighted by Gasteiger charge is 2.16. The normalized spacial score (nSPS) is 14.7. The second kappa shape index (κ2) is 4.96. The van der Waals surface area contributed by atoms with Crippen molar-refractivity contribution in [3.8, 4) is 5.75 Å². The van der Waals surface area contributed by atoms with E-state index in [4.69, 9.17) is 10.5 Å². The van der Waals surface area contributed by atoms with Gasteiger partial charge >= 0.3 is 0 Å². The van der Waals surface area contributed by atoms with Crippen molar-refractivity contribution < 1.29 is 9.53 Å². The number of hydrogen-bond donors (Lipinski definition) is 3. The van der Waals surface area contributed by atoms with Gasteiger partial charge in [0.2, 0.25) is 0 Å². The summed E-state index contributed by atoms with van der Waals surface area (Å²) < 4.78 is 5.30. The molecule has 0 aromatic heterocycles. The van der Waals surface area contributed by atoms with E-state index in [0.717, 1.165) is 23.5 Å². The minimum Gasteiger partial charge on any atom is -0.482 e. The van der Waals surface area contributed by atoms with Gasteiger partial charge in [-0.25, -0.2) is 0 Å². The fraction of sp³-hybridized carbons (Fsp3) is 0.462. The Morgan fingerprint density at radius 2 is 2.28 bits per heavy atom. The summed E-state index contributed by atoms with van der Waals surface area (Å²) in [6, 6.07) is 5.77. The molecule has 1 aromatic rings. The fourth-order valence-electron chi connectivity index (χ4n) is 1.77. The molecule has 0 saturated heterocycles. The van der Waals surface area contributed by atoms with Gasteiger partial charge in [0.25, 0.3) is 5.91 Å². The summed E-state index contributed by atoms with van der Waals surface area (Å²) in [5, 5.41) is 6.07. The zero-order valence-corrected chi connectivity index (χ0v) is 10.7. The molecule has 0 atom stereocenters. The number of fused-ring (bicyclic) bond motifs is 1. The zero-order chi connectivity index (χ0) is 13.2. The van der Waals surface area contributed by atoms with E-state index in [1.807, 2.05) is 32.0 Å². The quantitative estimate of drug-likeness (QED) is 0.739. The number of rotatable bonds is 4. The standard InChI is InChI=1S/C13H19N3O2/c1-13(2,14)8-15-6-9-3-4-11-10(5-9)16-12(17)7-18-11/h3-5,15H,6-8,14H2,1-2H3,(H,16,17). The van der Waals surface area contributed by atoms with Crippen molar-refractivity contribution in [3.63, 3.8) is 0 Å². The minimum absolute atomic E-state index is 0.0892. The maximum Gasteiger partial charge on any atom is 0.262 e. The number of nitrogens with two attached hydrogens (primary N) is 1. The number of ether oxygens (including phenoxy) is 1. The second-order valence-electron chi connectivity index (χ2n) is 5.26. The predicted octanol–water partition coefficient (Wildman–Crippen LogP) is 0.844. The van der Waals surface area contributed by atoms with E-state index in [-0.39, 0.29) is 18.1 Å². The van der Waals surface area contributed by atoms with E-state index in [1.54, 1.807) is 0 Å². The van der Waals surface area contributed by atoms with Gasteiger partial charge in [-0.15, -0.1) is 0 Å². The van der Waals surface area contributed by atoms with Gasteiger partial charge in [0, 0.05) is 18.6 Å². The van der Waals surface area contributed by atoms with Crippen LogP contribution in [-0.2, 0) is 11.3 Å². The maximum atomic E-state index is 11.2. The lowest BCUT2D eigenvalue weighted by Crippen LogP contribution is -2.42. The molecule has 1 amide bonds. The van der Waals surface area contributed by atoms with Crippen molar-refractivity contribution in [3.05, 3.63) is 23.8 Å². The molecule has 5 nitrogen and oxygen atoms in total. The van der Waals surface area contributed by atoms with E-state index in [1.165, 1.54) is 0 Å². The first kappa shape index (κ1) is 12.9. The summed E-state index contributed by atoms with van der Waals surface area (Å²) in [4.78, 5) is 11.2. The van der Waals surface area contributed by atoms with E-state index in [2.05, 4.69) is 10.6 Å². The van der Waals surface area contributed by atoms with Gasteiger partial charge in [-0.1, -0.05) is 6.07 Å². The molecular formula is C13H19N3O2. The minimum atomic E-state index is -0.231. The van der Waals surface area contributed by atoms with Gasteiger partial charge in [0.1, 0.15) is 5.75 Å². The second-order valence-corrected chi connectivity index (χ2v) is 5.26. The Kier molecular flexibility index (Phi) is 3.54. The molecular weight excluding hydrogens is 230 g/mol. The van der Waals surface area contributed by atoms with Gasteiger partial charge in [-0.3, -0.25) is 4.79 Å². The Morgan fingerprint density at radius 3 is 3.00 bits per heavy atom. The number of carbonyl (C=O) groups is 1. The largest absolute Gasteiger partial charge is 0.482 e. The first-order chi connectivity index (χ1) is 8.44. The first-order valence-electron chi connectivity index (χ1n) is 5.99. The third kappa shape index (κ3) is 3.45. The van der Waals surface area contributed by atoms with Crippen molar-refractivity contribution >= 4 is 11.6 Å². The first-order valence-corrected chi connectivity index (χ1v) is 5.99. The Labute approximate surface area is 107 Å². The molecule has 1 aliphatic heterocycles. The zero-order valence-electron chi connectivity index (χ0n) is 10.7. The third-order valence-electron chi connectivity index (χ3n) is 2.59. The third-order valence-corrected chi connectivity index (χ3v) is 2.59. The van der Waals surface area contributed by atoms with Crippen LogP contribution >= 0.6 is 0 Å². The predicted molar refractivity (Wildman–Crippen MR) is 70.5 cm³/mol. The van der Waals surface area contributed by atoms with E-state index in [9.17, 15) is 4.79 Å². The lowest BCUT2D eigenvalue weighted by Gasteiger charge is -2.20. The van der Waals surface area contributed by atoms with Crippen LogP contribution in [0.15, 0.2) is 18.2 Å². The summed E-state index contributed by atoms with van der Waals surface area (Å²) in [6.45, 7) is 5.48. The Hall–Kier alpha value is -1.59. The Balaban J connectivity index is 1.98. The lowest BCUT2D eigenvalue weighted by atomic mass is 10.1. The summed E-state index contributed by atoms with van der Waals surface area (Å²) in [7, 11) is 0. The molecule has 0 bridgehead atoms. The summed E-state index contributed by atoms with van der Waals surface area (Å²) in [5.74, 6) is 0.605. The lowest BCUT2D eigenvalue weighted by molar-refractivity contribution is -0.118. The number of hydrogen-bond acceptors (Lipinski definition) is 4. The molecule has 1 aromatic carbocycles. The van der Waals surface area contributed by atoms with Crippen LogP contribution in [0.3, 0.4) is 0 Å². The van der Waals surface area contributed by atoms with Crippen molar-refractivity contribution in [2.75, 3.05) is 18.5 Å². The van der Waals surface area contributed by atoms with Crippen molar-refractivity contribution in [2.24, 2.45) is 5.73 Å². The summed E-state index contributed by atoms with van der Waals surface area (Å²) in [5.41, 5.74) is 7.48. The van der Waals surface area contributed by atoms with E-state index >= 15 is 0 Å². The van der Waals surface area contributed by atoms with Gasteiger partial charge in [-0.05, 0) is 31.5 Å². The molecule has 0 fully saturated rings. The molecule has 4 N–H and O–H groups in total. The van der Waals surface area contributed by atoms with E-state index < -0.39 is 0 Å². The van der Waals surface area contributed by atoms with Gasteiger partial charge in [-0.2, -0.15) is 0 Å². The van der Waals surface area contributed by atoms with Crippen LogP contribution in [0.25, 0.3) is 0 Å². The molecule has 0 unspecified atom stereocenters. The topological polar surface area (TPSA) is 76.4 Å². The van der Waals surface area contributed by atoms with Crippen LogP contribution in [0.1, 0.15) is 19.4 Å². The van der Waals surface area contributed by atoms with Crippen LogP contribution in [-0.4, -0.2) is 24.6 Å². The summed E-state index contributed by atoms with van der Waals surface area (Å²) >= 11 is 0. The average Bonchev–Trinajstić information content (AvgIpc) is 2.26. The van der Waals surface area contributed by atoms with Crippen molar-refractivity contribution in [1.82, 2.24) is 5.32 Å². The van der Waals surface area contributed by atoms with Crippen LogP contribution in [0.2, 0.25) is 0 Å². The SMILES string of the molecule is CC(C)(N)CNCc1ccc2c(c1)NC(=O)CO2. The van der Waals surface area contributed by atoms with Crippen molar-refractivity contribution in [1.29, 1.82) is 0 Å². The van der Waals surface area contributed by atoms with Crippen molar-refractivity contribution in [2.45, 2.75) is 25.9 Å². The number of benzene rings is 1. The molecule has 1 aliphatic rings. The number of carbonyl (C=O) groups excluding carboxylic acids is 1. The highest BCUT2D eigenvalue weighted by molar-refractivity contribution is 5.95. The highest BCUT2D eigenvalue weighted by Crippen LogP contribution is 2.28. The maximum absolute atomic E-state index is 11.2. The molecule has 0 spiro atoms. The monoisotopic (exact) mass is 249 g/mol. The Morgan fingerprint density at radius 1 is 1.50 bits per heavy atom. The smallest absolute Gasteiger partial charge is 0.262 e. The number of amides is 1. The fourth-order valence-corrected chi connectivity index (χ4v) is 1.77. The van der Waals surface area contributed by atoms with Crippen LogP contribution < -0.4 is 21.1 Å². The molecule has 98 valence electrons. The van der Waals surface area contributed by atoms with E-state index in [0.29, 0.717) is 6.54 Å². The highest BCUT2D eigenvalue weighted by atomic mass is 16.5. The average molecular weight is 249 g/mol. The number of nitrogens with one attached hydrogen (secondary N) is 2. The molecule has 18 heavy (non-hydrogen) atoms. The number of anilines is 1. The van der Waals surface area contributed by atoms with Gasteiger partial charge < -0.3 is 21.1 Å². The molecule has 5 heteroatoms. The van der Waals surface area contributed by atoms with Crippen LogP contribution in [0.5, 0.6) is 5.75 Å². The van der Waals surface area contributed by atoms with Crippen LogP contribution in [0.4, 0.5) is 5.69 Å². The molecule has 0 aliphatic carbocycles. The molecule has 2 rings (SSSR count). The van der Waals surface area contributed by atoms with Crippen LogP contribution in [0, 0.1) is 0 Å².